The van der Waals surface area contributed by atoms with Crippen LogP contribution in [0.4, 0.5) is 0 Å². The van der Waals surface area contributed by atoms with Gasteiger partial charge in [-0.05, 0) is 37.5 Å². The quantitative estimate of drug-likeness (QED) is 0.715. The van der Waals surface area contributed by atoms with E-state index in [2.05, 4.69) is 13.8 Å². The smallest absolute Gasteiger partial charge is 0.170 e. The maximum Gasteiger partial charge on any atom is 0.170 e. The Labute approximate surface area is 121 Å². The molecule has 0 bridgehead atoms. The summed E-state index contributed by atoms with van der Waals surface area (Å²) in [5, 5.41) is 20.2. The Morgan fingerprint density at radius 2 is 1.40 bits per heavy atom. The van der Waals surface area contributed by atoms with Gasteiger partial charge in [0.25, 0.3) is 0 Å². The molecule has 0 aromatic heterocycles. The van der Waals surface area contributed by atoms with Crippen LogP contribution in [-0.4, -0.2) is 41.4 Å². The van der Waals surface area contributed by atoms with Gasteiger partial charge in [-0.1, -0.05) is 13.8 Å². The standard InChI is InChI=1S/C16H28O4/c1-11-3-5-15(7-13(11)17)9-19-16(20-10-15)6-4-12(2)14(18)8-16/h11-14,17-18H,3-10H2,1-2H3. The number of aliphatic hydroxyl groups is 2. The second kappa shape index (κ2) is 5.24. The zero-order valence-electron chi connectivity index (χ0n) is 12.7. The van der Waals surface area contributed by atoms with Gasteiger partial charge in [0.1, 0.15) is 0 Å². The van der Waals surface area contributed by atoms with Gasteiger partial charge in [0.15, 0.2) is 5.79 Å². The molecule has 1 saturated heterocycles. The third-order valence-electron chi connectivity index (χ3n) is 5.87. The van der Waals surface area contributed by atoms with Crippen molar-refractivity contribution in [3.63, 3.8) is 0 Å². The van der Waals surface area contributed by atoms with E-state index in [1.807, 2.05) is 0 Å². The van der Waals surface area contributed by atoms with Crippen LogP contribution in [0.2, 0.25) is 0 Å². The zero-order valence-corrected chi connectivity index (χ0v) is 12.7. The van der Waals surface area contributed by atoms with Gasteiger partial charge in [-0.15, -0.1) is 0 Å². The Bertz CT molecular complexity index is 314. The Balaban J connectivity index is 1.62. The number of hydrogen-bond acceptors (Lipinski definition) is 4. The van der Waals surface area contributed by atoms with Crippen LogP contribution in [0.15, 0.2) is 0 Å². The molecule has 4 heteroatoms. The van der Waals surface area contributed by atoms with Gasteiger partial charge >= 0.3 is 0 Å². The van der Waals surface area contributed by atoms with Crippen molar-refractivity contribution in [3.05, 3.63) is 0 Å². The lowest BCUT2D eigenvalue weighted by atomic mass is 9.69. The van der Waals surface area contributed by atoms with E-state index in [1.54, 1.807) is 0 Å². The fourth-order valence-electron chi connectivity index (χ4n) is 3.91. The first-order chi connectivity index (χ1) is 9.44. The Morgan fingerprint density at radius 1 is 0.850 bits per heavy atom. The number of ether oxygens (including phenoxy) is 2. The molecular formula is C16H28O4. The van der Waals surface area contributed by atoms with Gasteiger partial charge in [-0.3, -0.25) is 0 Å². The van der Waals surface area contributed by atoms with Crippen molar-refractivity contribution in [2.45, 2.75) is 70.4 Å². The van der Waals surface area contributed by atoms with Gasteiger partial charge in [-0.2, -0.15) is 0 Å². The monoisotopic (exact) mass is 284 g/mol. The Morgan fingerprint density at radius 3 is 1.95 bits per heavy atom. The molecule has 2 saturated carbocycles. The van der Waals surface area contributed by atoms with E-state index in [0.29, 0.717) is 31.5 Å². The van der Waals surface area contributed by atoms with Gasteiger partial charge < -0.3 is 19.7 Å². The molecule has 1 aliphatic heterocycles. The largest absolute Gasteiger partial charge is 0.393 e. The third-order valence-corrected chi connectivity index (χ3v) is 5.87. The third kappa shape index (κ3) is 2.63. The number of hydrogen-bond donors (Lipinski definition) is 2. The summed E-state index contributed by atoms with van der Waals surface area (Å²) in [6, 6.07) is 0. The molecule has 20 heavy (non-hydrogen) atoms. The Hall–Kier alpha value is -0.160. The highest BCUT2D eigenvalue weighted by Crippen LogP contribution is 2.47. The van der Waals surface area contributed by atoms with Gasteiger partial charge in [0.05, 0.1) is 25.4 Å². The molecule has 4 atom stereocenters. The van der Waals surface area contributed by atoms with Crippen LogP contribution < -0.4 is 0 Å². The van der Waals surface area contributed by atoms with E-state index >= 15 is 0 Å². The first-order valence-corrected chi connectivity index (χ1v) is 8.08. The summed E-state index contributed by atoms with van der Waals surface area (Å²) in [6.07, 6.45) is 4.75. The molecular weight excluding hydrogens is 256 g/mol. The van der Waals surface area contributed by atoms with Crippen LogP contribution in [0, 0.1) is 17.3 Å². The predicted octanol–water partition coefficient (Wildman–Crippen LogP) is 2.08. The van der Waals surface area contributed by atoms with Crippen LogP contribution in [-0.2, 0) is 9.47 Å². The molecule has 0 aromatic carbocycles. The molecule has 2 N–H and O–H groups in total. The SMILES string of the molecule is CC1CCC2(COC3(CCC(C)C(O)C3)OC2)CC1O. The van der Waals surface area contributed by atoms with Crippen molar-refractivity contribution in [2.75, 3.05) is 13.2 Å². The molecule has 0 amide bonds. The van der Waals surface area contributed by atoms with Crippen molar-refractivity contribution in [1.29, 1.82) is 0 Å². The first-order valence-electron chi connectivity index (χ1n) is 8.08. The summed E-state index contributed by atoms with van der Waals surface area (Å²) >= 11 is 0. The van der Waals surface area contributed by atoms with Crippen LogP contribution in [0.3, 0.4) is 0 Å². The highest BCUT2D eigenvalue weighted by Gasteiger charge is 2.50. The first kappa shape index (κ1) is 14.8. The number of rotatable bonds is 0. The van der Waals surface area contributed by atoms with Crippen molar-refractivity contribution in [2.24, 2.45) is 17.3 Å². The average molecular weight is 284 g/mol. The second-order valence-electron chi connectivity index (χ2n) is 7.56. The van der Waals surface area contributed by atoms with E-state index in [1.165, 1.54) is 0 Å². The van der Waals surface area contributed by atoms with E-state index < -0.39 is 5.79 Å². The van der Waals surface area contributed by atoms with E-state index in [0.717, 1.165) is 32.1 Å². The fourth-order valence-corrected chi connectivity index (χ4v) is 3.91. The zero-order chi connectivity index (χ0) is 14.4. The summed E-state index contributed by atoms with van der Waals surface area (Å²) in [7, 11) is 0. The molecule has 3 rings (SSSR count). The molecule has 116 valence electrons. The summed E-state index contributed by atoms with van der Waals surface area (Å²) < 4.78 is 12.2. The molecule has 3 aliphatic rings. The summed E-state index contributed by atoms with van der Waals surface area (Å²) in [5.41, 5.74) is -0.00874. The maximum atomic E-state index is 10.1. The second-order valence-corrected chi connectivity index (χ2v) is 7.56. The van der Waals surface area contributed by atoms with Crippen molar-refractivity contribution in [1.82, 2.24) is 0 Å². The van der Waals surface area contributed by atoms with Crippen molar-refractivity contribution in [3.8, 4) is 0 Å². The molecule has 4 nitrogen and oxygen atoms in total. The average Bonchev–Trinajstić information content (AvgIpc) is 2.43. The topological polar surface area (TPSA) is 58.9 Å². The molecule has 3 fully saturated rings. The van der Waals surface area contributed by atoms with E-state index in [4.69, 9.17) is 9.47 Å². The summed E-state index contributed by atoms with van der Waals surface area (Å²) in [5.74, 6) is 0.153. The molecule has 0 radical (unpaired) electrons. The molecule has 2 aliphatic carbocycles. The summed E-state index contributed by atoms with van der Waals surface area (Å²) in [6.45, 7) is 5.53. The minimum Gasteiger partial charge on any atom is -0.393 e. The molecule has 2 spiro atoms. The highest BCUT2D eigenvalue weighted by atomic mass is 16.7. The normalized spacial score (nSPS) is 53.4. The van der Waals surface area contributed by atoms with Crippen LogP contribution >= 0.6 is 0 Å². The van der Waals surface area contributed by atoms with Crippen LogP contribution in [0.25, 0.3) is 0 Å². The number of aliphatic hydroxyl groups excluding tert-OH is 2. The predicted molar refractivity (Wildman–Crippen MR) is 75.1 cm³/mol. The fraction of sp³-hybridized carbons (Fsp3) is 1.00. The van der Waals surface area contributed by atoms with Crippen LogP contribution in [0.5, 0.6) is 0 Å². The highest BCUT2D eigenvalue weighted by molar-refractivity contribution is 4.94. The Kier molecular flexibility index (Phi) is 3.87. The molecule has 1 heterocycles. The van der Waals surface area contributed by atoms with Gasteiger partial charge in [0, 0.05) is 18.3 Å². The minimum absolute atomic E-state index is 0.00874. The minimum atomic E-state index is -0.564. The maximum absolute atomic E-state index is 10.1. The van der Waals surface area contributed by atoms with Crippen LogP contribution in [0.1, 0.15) is 52.4 Å². The van der Waals surface area contributed by atoms with E-state index in [-0.39, 0.29) is 17.6 Å². The van der Waals surface area contributed by atoms with Crippen molar-refractivity contribution >= 4 is 0 Å². The lowest BCUT2D eigenvalue weighted by Gasteiger charge is -2.52. The lowest BCUT2D eigenvalue weighted by molar-refractivity contribution is -0.332. The van der Waals surface area contributed by atoms with E-state index in [9.17, 15) is 10.2 Å². The molecule has 0 aromatic rings. The summed E-state index contributed by atoms with van der Waals surface area (Å²) in [4.78, 5) is 0. The van der Waals surface area contributed by atoms with Gasteiger partial charge in [0.2, 0.25) is 0 Å². The lowest BCUT2D eigenvalue weighted by Crippen LogP contribution is -2.55. The van der Waals surface area contributed by atoms with Crippen molar-refractivity contribution < 1.29 is 19.7 Å². The van der Waals surface area contributed by atoms with Gasteiger partial charge in [-0.25, -0.2) is 0 Å². The molecule has 4 unspecified atom stereocenters.